The summed E-state index contributed by atoms with van der Waals surface area (Å²) in [7, 11) is 0. The van der Waals surface area contributed by atoms with Crippen LogP contribution in [0.2, 0.25) is 0 Å². The van der Waals surface area contributed by atoms with Crippen molar-refractivity contribution in [2.45, 2.75) is 31.7 Å². The first kappa shape index (κ1) is 19.6. The summed E-state index contributed by atoms with van der Waals surface area (Å²) in [6.45, 7) is 3.29. The smallest absolute Gasteiger partial charge is 0.407 e. The fourth-order valence-corrected chi connectivity index (χ4v) is 4.24. The Bertz CT molecular complexity index is 816. The van der Waals surface area contributed by atoms with Crippen LogP contribution in [0.25, 0.3) is 5.69 Å². The van der Waals surface area contributed by atoms with Crippen LogP contribution in [0.15, 0.2) is 30.6 Å². The first-order valence-corrected chi connectivity index (χ1v) is 10.1. The molecule has 1 N–H and O–H groups in total. The lowest BCUT2D eigenvalue weighted by Gasteiger charge is -2.41. The van der Waals surface area contributed by atoms with E-state index in [1.54, 1.807) is 24.5 Å². The minimum Gasteiger partial charge on any atom is -0.490 e. The molecule has 156 valence electrons. The lowest BCUT2D eigenvalue weighted by atomic mass is 9.85. The Morgan fingerprint density at radius 3 is 2.41 bits per heavy atom. The van der Waals surface area contributed by atoms with Gasteiger partial charge in [-0.15, -0.1) is 0 Å². The highest BCUT2D eigenvalue weighted by molar-refractivity contribution is 5.65. The number of piperazine rings is 1. The zero-order valence-corrected chi connectivity index (χ0v) is 16.3. The third kappa shape index (κ3) is 4.67. The molecule has 1 saturated carbocycles. The van der Waals surface area contributed by atoms with E-state index in [4.69, 9.17) is 9.84 Å². The summed E-state index contributed by atoms with van der Waals surface area (Å²) >= 11 is 0. The van der Waals surface area contributed by atoms with Crippen LogP contribution in [0.1, 0.15) is 25.7 Å². The van der Waals surface area contributed by atoms with E-state index in [0.717, 1.165) is 38.8 Å². The van der Waals surface area contributed by atoms with Gasteiger partial charge in [-0.3, -0.25) is 4.90 Å². The molecule has 0 bridgehead atoms. The van der Waals surface area contributed by atoms with Crippen LogP contribution in [-0.2, 0) is 0 Å². The number of aromatic nitrogens is 3. The van der Waals surface area contributed by atoms with Gasteiger partial charge in [0.05, 0.1) is 24.7 Å². The SMILES string of the molecule is O=C(O)N1CCN([C@H]2CC[C@H](COc3ccc(-n4nccn4)cc3F)CC2)CC1. The van der Waals surface area contributed by atoms with E-state index in [1.807, 2.05) is 0 Å². The number of rotatable bonds is 5. The summed E-state index contributed by atoms with van der Waals surface area (Å²) in [6, 6.07) is 5.26. The molecule has 0 unspecified atom stereocenters. The lowest BCUT2D eigenvalue weighted by Crippen LogP contribution is -2.52. The van der Waals surface area contributed by atoms with Gasteiger partial charge < -0.3 is 14.7 Å². The molecule has 8 nitrogen and oxygen atoms in total. The molecule has 2 aromatic rings. The number of carbonyl (C=O) groups is 1. The average Bonchev–Trinajstić information content (AvgIpc) is 3.28. The van der Waals surface area contributed by atoms with Gasteiger partial charge in [0.2, 0.25) is 0 Å². The van der Waals surface area contributed by atoms with E-state index < -0.39 is 11.9 Å². The lowest BCUT2D eigenvalue weighted by molar-refractivity contribution is 0.0616. The number of hydrogen-bond donors (Lipinski definition) is 1. The molecule has 0 spiro atoms. The second-order valence-corrected chi connectivity index (χ2v) is 7.72. The Hall–Kier alpha value is -2.68. The van der Waals surface area contributed by atoms with Crippen LogP contribution in [0.3, 0.4) is 0 Å². The standard InChI is InChI=1S/C20H26FN5O3/c21-18-13-17(26-22-7-8-23-26)5-6-19(18)29-14-15-1-3-16(4-2-15)24-9-11-25(12-10-24)20(27)28/h5-8,13,15-16H,1-4,9-12,14H2,(H,27,28)/t15-,16-. The molecule has 4 rings (SSSR count). The van der Waals surface area contributed by atoms with E-state index in [2.05, 4.69) is 15.1 Å². The van der Waals surface area contributed by atoms with Crippen LogP contribution in [0, 0.1) is 11.7 Å². The van der Waals surface area contributed by atoms with Crippen molar-refractivity contribution in [1.29, 1.82) is 0 Å². The summed E-state index contributed by atoms with van der Waals surface area (Å²) < 4.78 is 20.1. The van der Waals surface area contributed by atoms with E-state index in [0.29, 0.717) is 37.3 Å². The van der Waals surface area contributed by atoms with Gasteiger partial charge in [-0.1, -0.05) is 0 Å². The van der Waals surface area contributed by atoms with Crippen molar-refractivity contribution in [3.05, 3.63) is 36.4 Å². The van der Waals surface area contributed by atoms with Crippen LogP contribution >= 0.6 is 0 Å². The number of benzene rings is 1. The van der Waals surface area contributed by atoms with Gasteiger partial charge in [0.25, 0.3) is 0 Å². The number of halogens is 1. The van der Waals surface area contributed by atoms with E-state index in [-0.39, 0.29) is 5.75 Å². The predicted octanol–water partition coefficient (Wildman–Crippen LogP) is 2.64. The van der Waals surface area contributed by atoms with Crippen molar-refractivity contribution in [1.82, 2.24) is 24.8 Å². The Kier molecular flexibility index (Phi) is 5.94. The van der Waals surface area contributed by atoms with Crippen LogP contribution in [0.4, 0.5) is 9.18 Å². The second kappa shape index (κ2) is 8.77. The minimum atomic E-state index is -0.827. The Morgan fingerprint density at radius 1 is 1.10 bits per heavy atom. The predicted molar refractivity (Wildman–Crippen MR) is 104 cm³/mol. The minimum absolute atomic E-state index is 0.257. The topological polar surface area (TPSA) is 83.7 Å². The summed E-state index contributed by atoms with van der Waals surface area (Å²) in [6.07, 6.45) is 6.50. The molecule has 29 heavy (non-hydrogen) atoms. The van der Waals surface area contributed by atoms with Crippen molar-refractivity contribution in [2.24, 2.45) is 5.92 Å². The molecular formula is C20H26FN5O3. The molecule has 1 aromatic heterocycles. The molecule has 0 radical (unpaired) electrons. The second-order valence-electron chi connectivity index (χ2n) is 7.72. The molecule has 1 aromatic carbocycles. The first-order chi connectivity index (χ1) is 14.1. The number of amides is 1. The maximum absolute atomic E-state index is 14.3. The number of ether oxygens (including phenoxy) is 1. The number of nitrogens with zero attached hydrogens (tertiary/aromatic N) is 5. The third-order valence-electron chi connectivity index (χ3n) is 5.96. The molecule has 0 atom stereocenters. The van der Waals surface area contributed by atoms with Crippen LogP contribution < -0.4 is 4.74 Å². The van der Waals surface area contributed by atoms with E-state index in [9.17, 15) is 9.18 Å². The Balaban J connectivity index is 1.23. The van der Waals surface area contributed by atoms with E-state index in [1.165, 1.54) is 15.8 Å². The van der Waals surface area contributed by atoms with Gasteiger partial charge in [-0.25, -0.2) is 9.18 Å². The molecule has 2 fully saturated rings. The molecule has 1 aliphatic heterocycles. The van der Waals surface area contributed by atoms with Gasteiger partial charge in [0.15, 0.2) is 11.6 Å². The highest BCUT2D eigenvalue weighted by Gasteiger charge is 2.29. The summed E-state index contributed by atoms with van der Waals surface area (Å²) in [5.41, 5.74) is 0.559. The third-order valence-corrected chi connectivity index (χ3v) is 5.96. The molecule has 2 aliphatic rings. The number of hydrogen-bond acceptors (Lipinski definition) is 5. The number of carboxylic acid groups (broad SMARTS) is 1. The van der Waals surface area contributed by atoms with Crippen molar-refractivity contribution in [3.63, 3.8) is 0 Å². The fraction of sp³-hybridized carbons (Fsp3) is 0.550. The monoisotopic (exact) mass is 403 g/mol. The Labute approximate surface area is 168 Å². The molecule has 1 saturated heterocycles. The van der Waals surface area contributed by atoms with Crippen molar-refractivity contribution in [2.75, 3.05) is 32.8 Å². The van der Waals surface area contributed by atoms with Gasteiger partial charge >= 0.3 is 6.09 Å². The highest BCUT2D eigenvalue weighted by Crippen LogP contribution is 2.29. The maximum Gasteiger partial charge on any atom is 0.407 e. The summed E-state index contributed by atoms with van der Waals surface area (Å²) in [5.74, 6) is 0.260. The molecule has 1 aliphatic carbocycles. The van der Waals surface area contributed by atoms with Gasteiger partial charge in [-0.2, -0.15) is 15.0 Å². The van der Waals surface area contributed by atoms with Crippen molar-refractivity contribution < 1.29 is 19.0 Å². The zero-order chi connectivity index (χ0) is 20.2. The quantitative estimate of drug-likeness (QED) is 0.826. The molecular weight excluding hydrogens is 377 g/mol. The maximum atomic E-state index is 14.3. The van der Waals surface area contributed by atoms with Gasteiger partial charge in [-0.05, 0) is 43.7 Å². The molecule has 9 heteroatoms. The average molecular weight is 403 g/mol. The van der Waals surface area contributed by atoms with Crippen LogP contribution in [0.5, 0.6) is 5.75 Å². The van der Waals surface area contributed by atoms with E-state index >= 15 is 0 Å². The highest BCUT2D eigenvalue weighted by atomic mass is 19.1. The summed E-state index contributed by atoms with van der Waals surface area (Å²) in [4.78, 5) is 16.3. The fourth-order valence-electron chi connectivity index (χ4n) is 4.24. The first-order valence-electron chi connectivity index (χ1n) is 10.1. The molecule has 2 heterocycles. The summed E-state index contributed by atoms with van der Waals surface area (Å²) in [5, 5.41) is 17.1. The molecule has 1 amide bonds. The Morgan fingerprint density at radius 2 is 1.79 bits per heavy atom. The normalized spacial score (nSPS) is 23.1. The van der Waals surface area contributed by atoms with Gasteiger partial charge in [0.1, 0.15) is 0 Å². The zero-order valence-electron chi connectivity index (χ0n) is 16.3. The van der Waals surface area contributed by atoms with Crippen molar-refractivity contribution >= 4 is 6.09 Å². The van der Waals surface area contributed by atoms with Gasteiger partial charge in [0, 0.05) is 38.3 Å². The largest absolute Gasteiger partial charge is 0.490 e. The van der Waals surface area contributed by atoms with Crippen LogP contribution in [-0.4, -0.2) is 74.8 Å². The van der Waals surface area contributed by atoms with Crippen molar-refractivity contribution in [3.8, 4) is 11.4 Å².